The van der Waals surface area contributed by atoms with Gasteiger partial charge in [0.1, 0.15) is 0 Å². The normalized spacial score (nSPS) is 12.3. The molecule has 2 aromatic carbocycles. The fourth-order valence-corrected chi connectivity index (χ4v) is 3.48. The number of rotatable bonds is 5. The van der Waals surface area contributed by atoms with Crippen LogP contribution in [-0.2, 0) is 26.4 Å². The van der Waals surface area contributed by atoms with Gasteiger partial charge in [-0.2, -0.15) is 0 Å². The van der Waals surface area contributed by atoms with Crippen LogP contribution in [0.3, 0.4) is 0 Å². The minimum atomic E-state index is -3.68. The predicted molar refractivity (Wildman–Crippen MR) is 84.8 cm³/mol. The molecule has 0 fully saturated rings. The highest BCUT2D eigenvalue weighted by molar-refractivity contribution is 7.90. The first-order chi connectivity index (χ1) is 10.2. The third kappa shape index (κ3) is 4.16. The summed E-state index contributed by atoms with van der Waals surface area (Å²) >= 11 is 0. The van der Waals surface area contributed by atoms with Gasteiger partial charge in [0.2, 0.25) is 10.0 Å². The number of benzene rings is 2. The van der Waals surface area contributed by atoms with Gasteiger partial charge in [0.05, 0.1) is 9.79 Å². The average molecular weight is 339 g/mol. The molecule has 0 aliphatic heterocycles. The summed E-state index contributed by atoms with van der Waals surface area (Å²) in [5.41, 5.74) is 1.95. The Labute approximate surface area is 131 Å². The molecule has 2 rings (SSSR count). The van der Waals surface area contributed by atoms with Gasteiger partial charge in [0.15, 0.2) is 9.84 Å². The minimum absolute atomic E-state index is 0.0343. The third-order valence-electron chi connectivity index (χ3n) is 3.15. The molecule has 0 amide bonds. The Kier molecular flexibility index (Phi) is 4.69. The van der Waals surface area contributed by atoms with Crippen molar-refractivity contribution in [3.8, 4) is 0 Å². The Morgan fingerprint density at radius 3 is 1.82 bits per heavy atom. The zero-order valence-corrected chi connectivity index (χ0v) is 13.9. The second kappa shape index (κ2) is 6.20. The predicted octanol–water partition coefficient (Wildman–Crippen LogP) is 1.88. The highest BCUT2D eigenvalue weighted by atomic mass is 32.2. The molecule has 0 spiro atoms. The van der Waals surface area contributed by atoms with E-state index < -0.39 is 19.9 Å². The molecule has 0 unspecified atom stereocenters. The summed E-state index contributed by atoms with van der Waals surface area (Å²) in [4.78, 5) is 0.122. The highest BCUT2D eigenvalue weighted by Crippen LogP contribution is 2.14. The van der Waals surface area contributed by atoms with Crippen LogP contribution in [0.2, 0.25) is 0 Å². The van der Waals surface area contributed by atoms with Crippen molar-refractivity contribution >= 4 is 19.9 Å². The van der Waals surface area contributed by atoms with E-state index in [-0.39, 0.29) is 16.3 Å². The topological polar surface area (TPSA) is 80.3 Å². The molecule has 2 aromatic rings. The molecule has 0 atom stereocenters. The van der Waals surface area contributed by atoms with Crippen molar-refractivity contribution in [1.82, 2.24) is 4.72 Å². The van der Waals surface area contributed by atoms with Crippen LogP contribution in [0.4, 0.5) is 0 Å². The lowest BCUT2D eigenvalue weighted by atomic mass is 10.2. The van der Waals surface area contributed by atoms with Gasteiger partial charge in [-0.15, -0.1) is 0 Å². The van der Waals surface area contributed by atoms with Gasteiger partial charge in [-0.05, 0) is 36.8 Å². The Bertz CT molecular complexity index is 853. The molecule has 0 bridgehead atoms. The molecule has 118 valence electrons. The molecule has 0 aliphatic rings. The molecule has 7 heteroatoms. The SMILES string of the molecule is Cc1ccc(CNS(=O)(=O)c2ccc(S(C)(=O)=O)cc2)cc1. The second-order valence-corrected chi connectivity index (χ2v) is 8.84. The standard InChI is InChI=1S/C15H17NO4S2/c1-12-3-5-13(6-4-12)11-16-22(19,20)15-9-7-14(8-10-15)21(2,17)18/h3-10,16H,11H2,1-2H3. The van der Waals surface area contributed by atoms with E-state index in [1.54, 1.807) is 0 Å². The number of hydrogen-bond donors (Lipinski definition) is 1. The molecule has 0 saturated carbocycles. The van der Waals surface area contributed by atoms with Crippen LogP contribution < -0.4 is 4.72 Å². The lowest BCUT2D eigenvalue weighted by molar-refractivity contribution is 0.580. The molecule has 0 radical (unpaired) electrons. The molecular formula is C15H17NO4S2. The molecule has 0 aromatic heterocycles. The number of sulfone groups is 1. The summed E-state index contributed by atoms with van der Waals surface area (Å²) in [6, 6.07) is 12.7. The van der Waals surface area contributed by atoms with Crippen LogP contribution in [0.1, 0.15) is 11.1 Å². The largest absolute Gasteiger partial charge is 0.240 e. The van der Waals surface area contributed by atoms with E-state index in [2.05, 4.69) is 4.72 Å². The first kappa shape index (κ1) is 16.7. The lowest BCUT2D eigenvalue weighted by Gasteiger charge is -2.08. The third-order valence-corrected chi connectivity index (χ3v) is 5.69. The Morgan fingerprint density at radius 2 is 1.32 bits per heavy atom. The van der Waals surface area contributed by atoms with E-state index in [9.17, 15) is 16.8 Å². The molecule has 5 nitrogen and oxygen atoms in total. The summed E-state index contributed by atoms with van der Waals surface area (Å²) in [5, 5.41) is 0. The Hall–Kier alpha value is -1.70. The lowest BCUT2D eigenvalue weighted by Crippen LogP contribution is -2.23. The van der Waals surface area contributed by atoms with E-state index >= 15 is 0 Å². The summed E-state index contributed by atoms with van der Waals surface area (Å²) in [6.45, 7) is 2.13. The highest BCUT2D eigenvalue weighted by Gasteiger charge is 2.15. The molecule has 0 aliphatic carbocycles. The van der Waals surface area contributed by atoms with E-state index in [0.29, 0.717) is 0 Å². The van der Waals surface area contributed by atoms with E-state index in [0.717, 1.165) is 17.4 Å². The minimum Gasteiger partial charge on any atom is -0.224 e. The molecule has 22 heavy (non-hydrogen) atoms. The van der Waals surface area contributed by atoms with Gasteiger partial charge >= 0.3 is 0 Å². The molecule has 0 heterocycles. The van der Waals surface area contributed by atoms with Crippen LogP contribution in [-0.4, -0.2) is 23.1 Å². The van der Waals surface area contributed by atoms with Crippen molar-refractivity contribution in [3.63, 3.8) is 0 Å². The fraction of sp³-hybridized carbons (Fsp3) is 0.200. The van der Waals surface area contributed by atoms with Crippen molar-refractivity contribution in [2.75, 3.05) is 6.26 Å². The maximum Gasteiger partial charge on any atom is 0.240 e. The number of nitrogens with one attached hydrogen (secondary N) is 1. The van der Waals surface area contributed by atoms with Crippen molar-refractivity contribution in [1.29, 1.82) is 0 Å². The van der Waals surface area contributed by atoms with Gasteiger partial charge in [0, 0.05) is 12.8 Å². The number of sulfonamides is 1. The van der Waals surface area contributed by atoms with Crippen molar-refractivity contribution in [2.45, 2.75) is 23.3 Å². The quantitative estimate of drug-likeness (QED) is 0.902. The zero-order chi connectivity index (χ0) is 16.4. The number of aryl methyl sites for hydroxylation is 1. The summed E-state index contributed by atoms with van der Waals surface area (Å²) < 4.78 is 49.6. The van der Waals surface area contributed by atoms with E-state index in [4.69, 9.17) is 0 Å². The first-order valence-corrected chi connectivity index (χ1v) is 9.91. The molecule has 0 saturated heterocycles. The van der Waals surface area contributed by atoms with Crippen molar-refractivity contribution < 1.29 is 16.8 Å². The first-order valence-electron chi connectivity index (χ1n) is 6.54. The van der Waals surface area contributed by atoms with Crippen molar-refractivity contribution in [2.24, 2.45) is 0 Å². The van der Waals surface area contributed by atoms with Gasteiger partial charge in [-0.1, -0.05) is 29.8 Å². The van der Waals surface area contributed by atoms with Crippen LogP contribution in [0.5, 0.6) is 0 Å². The van der Waals surface area contributed by atoms with Crippen LogP contribution >= 0.6 is 0 Å². The van der Waals surface area contributed by atoms with Crippen LogP contribution in [0.15, 0.2) is 58.3 Å². The van der Waals surface area contributed by atoms with Gasteiger partial charge < -0.3 is 0 Å². The maximum atomic E-state index is 12.2. The summed E-state index contributed by atoms with van der Waals surface area (Å²) in [5.74, 6) is 0. The smallest absolute Gasteiger partial charge is 0.224 e. The second-order valence-electron chi connectivity index (χ2n) is 5.05. The molecule has 1 N–H and O–H groups in total. The average Bonchev–Trinajstić information content (AvgIpc) is 2.46. The van der Waals surface area contributed by atoms with Crippen LogP contribution in [0, 0.1) is 6.92 Å². The van der Waals surface area contributed by atoms with Crippen LogP contribution in [0.25, 0.3) is 0 Å². The zero-order valence-electron chi connectivity index (χ0n) is 12.3. The van der Waals surface area contributed by atoms with E-state index in [1.165, 1.54) is 24.3 Å². The van der Waals surface area contributed by atoms with E-state index in [1.807, 2.05) is 31.2 Å². The van der Waals surface area contributed by atoms with Gasteiger partial charge in [0.25, 0.3) is 0 Å². The fourth-order valence-electron chi connectivity index (χ4n) is 1.83. The summed E-state index contributed by atoms with van der Waals surface area (Å²) in [6.07, 6.45) is 1.08. The Morgan fingerprint density at radius 1 is 0.818 bits per heavy atom. The monoisotopic (exact) mass is 339 g/mol. The summed E-state index contributed by atoms with van der Waals surface area (Å²) in [7, 11) is -7.02. The van der Waals surface area contributed by atoms with Gasteiger partial charge in [-0.25, -0.2) is 21.6 Å². The number of hydrogen-bond acceptors (Lipinski definition) is 4. The van der Waals surface area contributed by atoms with Crippen molar-refractivity contribution in [3.05, 3.63) is 59.7 Å². The van der Waals surface area contributed by atoms with Gasteiger partial charge in [-0.3, -0.25) is 0 Å². The Balaban J connectivity index is 2.15. The molecular weight excluding hydrogens is 322 g/mol. The maximum absolute atomic E-state index is 12.2.